The number of esters is 1. The highest BCUT2D eigenvalue weighted by atomic mass is 32.2. The van der Waals surface area contributed by atoms with Crippen LogP contribution in [0.1, 0.15) is 45.2 Å². The molecule has 1 N–H and O–H groups in total. The first-order valence-electron chi connectivity index (χ1n) is 13.1. The summed E-state index contributed by atoms with van der Waals surface area (Å²) in [4.78, 5) is 11.8. The van der Waals surface area contributed by atoms with Gasteiger partial charge in [0.25, 0.3) is 10.1 Å². The molecule has 9 nitrogen and oxygen atoms in total. The zero-order valence-corrected chi connectivity index (χ0v) is 24.1. The van der Waals surface area contributed by atoms with Gasteiger partial charge < -0.3 is 24.3 Å². The molecule has 2 rings (SSSR count). The number of ether oxygens (including phenoxy) is 4. The molecule has 0 bridgehead atoms. The smallest absolute Gasteiger partial charge is 0.325 e. The maximum Gasteiger partial charge on any atom is 0.325 e. The molecule has 0 aromatic heterocycles. The molecular weight excluding hydrogens is 522 g/mol. The Labute approximate surface area is 232 Å². The largest absolute Gasteiger partial charge is 0.491 e. The SMILES string of the molecule is CCCS(=O)(=O)OCCOCCOCCOc1ccc(/C=C/c2ccc(NCC(=O)OC(C)(C)C)cc2)cc1. The van der Waals surface area contributed by atoms with Crippen LogP contribution in [0, 0.1) is 0 Å². The monoisotopic (exact) mass is 563 g/mol. The fourth-order valence-corrected chi connectivity index (χ4v) is 4.14. The minimum absolute atomic E-state index is 0.0117. The van der Waals surface area contributed by atoms with E-state index in [2.05, 4.69) is 5.32 Å². The molecule has 2 aromatic rings. The minimum Gasteiger partial charge on any atom is -0.491 e. The van der Waals surface area contributed by atoms with E-state index >= 15 is 0 Å². The van der Waals surface area contributed by atoms with Gasteiger partial charge in [0.15, 0.2) is 0 Å². The Hall–Kier alpha value is -2.92. The lowest BCUT2D eigenvalue weighted by atomic mass is 10.1. The second-order valence-electron chi connectivity index (χ2n) is 9.62. The molecule has 10 heteroatoms. The summed E-state index contributed by atoms with van der Waals surface area (Å²) in [6.45, 7) is 9.19. The van der Waals surface area contributed by atoms with Gasteiger partial charge in [-0.2, -0.15) is 8.42 Å². The molecule has 0 unspecified atom stereocenters. The number of benzene rings is 2. The van der Waals surface area contributed by atoms with Crippen LogP contribution < -0.4 is 10.1 Å². The third kappa shape index (κ3) is 15.3. The lowest BCUT2D eigenvalue weighted by Crippen LogP contribution is -2.28. The molecule has 0 amide bonds. The van der Waals surface area contributed by atoms with Gasteiger partial charge in [-0.15, -0.1) is 0 Å². The van der Waals surface area contributed by atoms with Gasteiger partial charge in [0.2, 0.25) is 0 Å². The summed E-state index contributed by atoms with van der Waals surface area (Å²) in [5.41, 5.74) is 2.42. The molecule has 0 saturated heterocycles. The number of rotatable bonds is 18. The van der Waals surface area contributed by atoms with Crippen molar-refractivity contribution in [3.8, 4) is 5.75 Å². The molecule has 216 valence electrons. The number of hydrogen-bond donors (Lipinski definition) is 1. The topological polar surface area (TPSA) is 109 Å². The fraction of sp³-hybridized carbons (Fsp3) is 0.483. The third-order valence-electron chi connectivity index (χ3n) is 4.93. The molecule has 2 aromatic carbocycles. The summed E-state index contributed by atoms with van der Waals surface area (Å²) >= 11 is 0. The zero-order chi connectivity index (χ0) is 28.6. The van der Waals surface area contributed by atoms with Crippen LogP contribution in [0.3, 0.4) is 0 Å². The molecule has 0 saturated carbocycles. The third-order valence-corrected chi connectivity index (χ3v) is 6.36. The van der Waals surface area contributed by atoms with Crippen LogP contribution in [-0.2, 0) is 33.3 Å². The molecule has 39 heavy (non-hydrogen) atoms. The van der Waals surface area contributed by atoms with Gasteiger partial charge in [0, 0.05) is 5.69 Å². The molecule has 0 heterocycles. The van der Waals surface area contributed by atoms with Crippen LogP contribution in [0.5, 0.6) is 5.75 Å². The lowest BCUT2D eigenvalue weighted by molar-refractivity contribution is -0.152. The van der Waals surface area contributed by atoms with E-state index in [1.807, 2.05) is 81.5 Å². The van der Waals surface area contributed by atoms with Gasteiger partial charge in [-0.1, -0.05) is 43.3 Å². The summed E-state index contributed by atoms with van der Waals surface area (Å²) in [6.07, 6.45) is 4.55. The predicted molar refractivity (Wildman–Crippen MR) is 153 cm³/mol. The lowest BCUT2D eigenvalue weighted by Gasteiger charge is -2.19. The Balaban J connectivity index is 1.59. The molecule has 0 aliphatic heterocycles. The number of carbonyl (C=O) groups is 1. The van der Waals surface area contributed by atoms with Crippen molar-refractivity contribution in [2.45, 2.75) is 39.7 Å². The van der Waals surface area contributed by atoms with E-state index in [0.29, 0.717) is 32.8 Å². The van der Waals surface area contributed by atoms with Crippen molar-refractivity contribution in [2.75, 3.05) is 57.3 Å². The Bertz CT molecular complexity index is 1110. The highest BCUT2D eigenvalue weighted by Crippen LogP contribution is 2.16. The first-order chi connectivity index (χ1) is 18.6. The van der Waals surface area contributed by atoms with Crippen LogP contribution in [0.25, 0.3) is 12.2 Å². The Morgan fingerprint density at radius 1 is 0.821 bits per heavy atom. The Morgan fingerprint density at radius 3 is 1.92 bits per heavy atom. The summed E-state index contributed by atoms with van der Waals surface area (Å²) in [5, 5.41) is 3.07. The Morgan fingerprint density at radius 2 is 1.36 bits per heavy atom. The Kier molecular flexibility index (Phi) is 14.0. The van der Waals surface area contributed by atoms with Gasteiger partial charge in [0.1, 0.15) is 24.5 Å². The van der Waals surface area contributed by atoms with Crippen LogP contribution in [0.15, 0.2) is 48.5 Å². The van der Waals surface area contributed by atoms with Crippen molar-refractivity contribution in [3.63, 3.8) is 0 Å². The first kappa shape index (κ1) is 32.3. The van der Waals surface area contributed by atoms with Crippen LogP contribution in [0.4, 0.5) is 5.69 Å². The van der Waals surface area contributed by atoms with Gasteiger partial charge in [-0.3, -0.25) is 8.98 Å². The number of nitrogens with one attached hydrogen (secondary N) is 1. The van der Waals surface area contributed by atoms with Gasteiger partial charge in [-0.25, -0.2) is 0 Å². The summed E-state index contributed by atoms with van der Waals surface area (Å²) in [5.74, 6) is 0.472. The molecule has 0 spiro atoms. The number of anilines is 1. The van der Waals surface area contributed by atoms with Gasteiger partial charge in [0.05, 0.1) is 38.8 Å². The van der Waals surface area contributed by atoms with Gasteiger partial charge >= 0.3 is 5.97 Å². The van der Waals surface area contributed by atoms with Crippen LogP contribution in [0.2, 0.25) is 0 Å². The van der Waals surface area contributed by atoms with Crippen molar-refractivity contribution in [2.24, 2.45) is 0 Å². The average molecular weight is 564 g/mol. The quantitative estimate of drug-likeness (QED) is 0.119. The maximum absolute atomic E-state index is 11.8. The van der Waals surface area contributed by atoms with E-state index < -0.39 is 15.7 Å². The van der Waals surface area contributed by atoms with Gasteiger partial charge in [-0.05, 0) is 62.6 Å². The molecule has 0 fully saturated rings. The van der Waals surface area contributed by atoms with Crippen molar-refractivity contribution in [1.82, 2.24) is 0 Å². The zero-order valence-electron chi connectivity index (χ0n) is 23.3. The molecule has 0 aliphatic carbocycles. The van der Waals surface area contributed by atoms with Crippen molar-refractivity contribution in [1.29, 1.82) is 0 Å². The molecule has 0 atom stereocenters. The van der Waals surface area contributed by atoms with Crippen LogP contribution in [-0.4, -0.2) is 71.9 Å². The normalized spacial score (nSPS) is 12.0. The summed E-state index contributed by atoms with van der Waals surface area (Å²) in [7, 11) is -3.44. The van der Waals surface area contributed by atoms with Crippen molar-refractivity contribution in [3.05, 3.63) is 59.7 Å². The minimum atomic E-state index is -3.44. The summed E-state index contributed by atoms with van der Waals surface area (Å²) < 4.78 is 49.4. The predicted octanol–water partition coefficient (Wildman–Crippen LogP) is 4.78. The van der Waals surface area contributed by atoms with Crippen LogP contribution >= 0.6 is 0 Å². The van der Waals surface area contributed by atoms with E-state index in [4.69, 9.17) is 23.1 Å². The highest BCUT2D eigenvalue weighted by Gasteiger charge is 2.15. The van der Waals surface area contributed by atoms with Crippen molar-refractivity contribution >= 4 is 33.9 Å². The average Bonchev–Trinajstić information content (AvgIpc) is 2.87. The fourth-order valence-electron chi connectivity index (χ4n) is 3.20. The first-order valence-corrected chi connectivity index (χ1v) is 14.6. The molecule has 0 radical (unpaired) electrons. The highest BCUT2D eigenvalue weighted by molar-refractivity contribution is 7.86. The van der Waals surface area contributed by atoms with E-state index in [0.717, 1.165) is 22.6 Å². The second kappa shape index (κ2) is 16.9. The van der Waals surface area contributed by atoms with E-state index in [9.17, 15) is 13.2 Å². The maximum atomic E-state index is 11.8. The van der Waals surface area contributed by atoms with E-state index in [1.165, 1.54) is 0 Å². The number of carbonyl (C=O) groups excluding carboxylic acids is 1. The number of hydrogen-bond acceptors (Lipinski definition) is 9. The van der Waals surface area contributed by atoms with Crippen molar-refractivity contribution < 1.29 is 36.3 Å². The second-order valence-corrected chi connectivity index (χ2v) is 11.4. The standard InChI is InChI=1S/C29H41NO8S/c1-5-22-39(32,33)37-21-19-35-17-16-34-18-20-36-27-14-10-25(11-15-27)7-6-24-8-12-26(13-9-24)30-23-28(31)38-29(2,3)4/h6-15,30H,5,16-23H2,1-4H3/b7-6+. The van der Waals surface area contributed by atoms with E-state index in [1.54, 1.807) is 6.92 Å². The molecule has 0 aliphatic rings. The van der Waals surface area contributed by atoms with E-state index in [-0.39, 0.29) is 31.5 Å². The molecular formula is C29H41NO8S. The summed E-state index contributed by atoms with van der Waals surface area (Å²) in [6, 6.07) is 15.5.